The van der Waals surface area contributed by atoms with E-state index in [0.29, 0.717) is 5.92 Å². The van der Waals surface area contributed by atoms with Crippen LogP contribution in [0.15, 0.2) is 0 Å². The Bertz CT molecular complexity index is 154. The second-order valence-corrected chi connectivity index (χ2v) is 4.45. The third-order valence-electron chi connectivity index (χ3n) is 3.52. The van der Waals surface area contributed by atoms with Crippen molar-refractivity contribution < 1.29 is 4.79 Å². The molecule has 2 aliphatic rings. The van der Waals surface area contributed by atoms with Crippen LogP contribution in [-0.2, 0) is 4.79 Å². The molecule has 0 radical (unpaired) electrons. The first kappa shape index (κ1) is 8.28. The van der Waals surface area contributed by atoms with E-state index in [-0.39, 0.29) is 0 Å². The maximum absolute atomic E-state index is 10.9. The number of hydrogen-bond donors (Lipinski definition) is 0. The average molecular weight is 166 g/mol. The largest absolute Gasteiger partial charge is 0.303 e. The fourth-order valence-corrected chi connectivity index (χ4v) is 2.61. The summed E-state index contributed by atoms with van der Waals surface area (Å²) < 4.78 is 0. The van der Waals surface area contributed by atoms with Crippen molar-refractivity contribution in [2.45, 2.75) is 44.9 Å². The highest BCUT2D eigenvalue weighted by Gasteiger charge is 2.36. The summed E-state index contributed by atoms with van der Waals surface area (Å²) in [5.41, 5.74) is 0. The van der Waals surface area contributed by atoms with E-state index in [0.717, 1.165) is 11.8 Å². The summed E-state index contributed by atoms with van der Waals surface area (Å²) in [6.07, 6.45) is 10.6. The number of rotatable bonds is 3. The number of carbonyl (C=O) groups excluding carboxylic acids is 1. The number of aldehydes is 1. The fourth-order valence-electron chi connectivity index (χ4n) is 2.61. The zero-order valence-corrected chi connectivity index (χ0v) is 7.67. The van der Waals surface area contributed by atoms with Gasteiger partial charge in [0.15, 0.2) is 0 Å². The smallest absolute Gasteiger partial charge is 0.123 e. The van der Waals surface area contributed by atoms with E-state index in [4.69, 9.17) is 0 Å². The zero-order chi connectivity index (χ0) is 8.39. The molecule has 2 rings (SSSR count). The lowest BCUT2D eigenvalue weighted by atomic mass is 9.78. The first-order valence-electron chi connectivity index (χ1n) is 5.37. The van der Waals surface area contributed by atoms with Crippen LogP contribution in [0.3, 0.4) is 0 Å². The van der Waals surface area contributed by atoms with Gasteiger partial charge < -0.3 is 4.79 Å². The predicted molar refractivity (Wildman–Crippen MR) is 48.9 cm³/mol. The molecule has 2 saturated carbocycles. The molecule has 1 nitrogen and oxygen atoms in total. The van der Waals surface area contributed by atoms with Crippen LogP contribution in [0.4, 0.5) is 0 Å². The molecule has 2 fully saturated rings. The van der Waals surface area contributed by atoms with Crippen molar-refractivity contribution in [2.24, 2.45) is 17.8 Å². The molecule has 0 aliphatic heterocycles. The molecule has 2 aliphatic carbocycles. The first-order chi connectivity index (χ1) is 5.92. The van der Waals surface area contributed by atoms with E-state index in [1.165, 1.54) is 51.2 Å². The summed E-state index contributed by atoms with van der Waals surface area (Å²) >= 11 is 0. The van der Waals surface area contributed by atoms with Crippen molar-refractivity contribution in [3.63, 3.8) is 0 Å². The molecule has 0 N–H and O–H groups in total. The van der Waals surface area contributed by atoms with Crippen molar-refractivity contribution in [1.82, 2.24) is 0 Å². The highest BCUT2D eigenvalue weighted by atomic mass is 16.1. The Labute approximate surface area is 74.5 Å². The molecule has 68 valence electrons. The van der Waals surface area contributed by atoms with Gasteiger partial charge in [-0.1, -0.05) is 19.3 Å². The van der Waals surface area contributed by atoms with Crippen LogP contribution in [0.25, 0.3) is 0 Å². The van der Waals surface area contributed by atoms with Gasteiger partial charge >= 0.3 is 0 Å². The predicted octanol–water partition coefficient (Wildman–Crippen LogP) is 2.79. The van der Waals surface area contributed by atoms with Gasteiger partial charge in [0.1, 0.15) is 6.29 Å². The molecule has 1 atom stereocenters. The van der Waals surface area contributed by atoms with Crippen molar-refractivity contribution in [3.05, 3.63) is 0 Å². The van der Waals surface area contributed by atoms with Crippen LogP contribution in [0.5, 0.6) is 0 Å². The molecule has 0 spiro atoms. The van der Waals surface area contributed by atoms with Crippen LogP contribution in [0, 0.1) is 17.8 Å². The number of carbonyl (C=O) groups is 1. The molecule has 12 heavy (non-hydrogen) atoms. The average Bonchev–Trinajstić information content (AvgIpc) is 2.92. The summed E-state index contributed by atoms with van der Waals surface area (Å²) in [5, 5.41) is 0. The first-order valence-corrected chi connectivity index (χ1v) is 5.37. The Kier molecular flexibility index (Phi) is 2.48. The van der Waals surface area contributed by atoms with Crippen molar-refractivity contribution in [1.29, 1.82) is 0 Å². The van der Waals surface area contributed by atoms with E-state index in [9.17, 15) is 4.79 Å². The standard InChI is InChI=1S/C11H18O/c12-8-11(10-6-7-10)9-4-2-1-3-5-9/h8-11H,1-7H2. The highest BCUT2D eigenvalue weighted by Crippen LogP contribution is 2.43. The Balaban J connectivity index is 1.89. The van der Waals surface area contributed by atoms with Crippen LogP contribution in [0.1, 0.15) is 44.9 Å². The Hall–Kier alpha value is -0.330. The Morgan fingerprint density at radius 3 is 2.00 bits per heavy atom. The van der Waals surface area contributed by atoms with E-state index < -0.39 is 0 Å². The molecule has 0 heterocycles. The van der Waals surface area contributed by atoms with E-state index in [2.05, 4.69) is 0 Å². The molecule has 1 unspecified atom stereocenters. The molecule has 0 saturated heterocycles. The molecule has 1 heteroatoms. The third kappa shape index (κ3) is 1.70. The normalized spacial score (nSPS) is 28.3. The summed E-state index contributed by atoms with van der Waals surface area (Å²) in [4.78, 5) is 10.9. The topological polar surface area (TPSA) is 17.1 Å². The molecule has 0 aromatic carbocycles. The van der Waals surface area contributed by atoms with Gasteiger partial charge in [0.2, 0.25) is 0 Å². The third-order valence-corrected chi connectivity index (χ3v) is 3.52. The Morgan fingerprint density at radius 1 is 0.917 bits per heavy atom. The highest BCUT2D eigenvalue weighted by molar-refractivity contribution is 5.55. The summed E-state index contributed by atoms with van der Waals surface area (Å²) in [6.45, 7) is 0. The second kappa shape index (κ2) is 3.59. The van der Waals surface area contributed by atoms with Crippen LogP contribution in [-0.4, -0.2) is 6.29 Å². The lowest BCUT2D eigenvalue weighted by Gasteiger charge is -2.26. The summed E-state index contributed by atoms with van der Waals surface area (Å²) in [5.74, 6) is 1.97. The van der Waals surface area contributed by atoms with E-state index >= 15 is 0 Å². The zero-order valence-electron chi connectivity index (χ0n) is 7.67. The quantitative estimate of drug-likeness (QED) is 0.589. The monoisotopic (exact) mass is 166 g/mol. The van der Waals surface area contributed by atoms with Gasteiger partial charge in [-0.05, 0) is 37.5 Å². The van der Waals surface area contributed by atoms with Gasteiger partial charge in [-0.2, -0.15) is 0 Å². The van der Waals surface area contributed by atoms with Crippen LogP contribution in [0.2, 0.25) is 0 Å². The summed E-state index contributed by atoms with van der Waals surface area (Å²) in [6, 6.07) is 0. The minimum Gasteiger partial charge on any atom is -0.303 e. The minimum atomic E-state index is 0.435. The summed E-state index contributed by atoms with van der Waals surface area (Å²) in [7, 11) is 0. The van der Waals surface area contributed by atoms with E-state index in [1.54, 1.807) is 0 Å². The molecular formula is C11H18O. The maximum Gasteiger partial charge on any atom is 0.123 e. The van der Waals surface area contributed by atoms with Crippen molar-refractivity contribution >= 4 is 6.29 Å². The van der Waals surface area contributed by atoms with Gasteiger partial charge in [-0.25, -0.2) is 0 Å². The van der Waals surface area contributed by atoms with Gasteiger partial charge in [0.25, 0.3) is 0 Å². The molecular weight excluding hydrogens is 148 g/mol. The van der Waals surface area contributed by atoms with Crippen LogP contribution < -0.4 is 0 Å². The SMILES string of the molecule is O=CC(C1CCCCC1)C1CC1. The van der Waals surface area contributed by atoms with Gasteiger partial charge in [-0.3, -0.25) is 0 Å². The number of hydrogen-bond acceptors (Lipinski definition) is 1. The van der Waals surface area contributed by atoms with Crippen molar-refractivity contribution in [3.8, 4) is 0 Å². The van der Waals surface area contributed by atoms with Gasteiger partial charge in [-0.15, -0.1) is 0 Å². The lowest BCUT2D eigenvalue weighted by molar-refractivity contribution is -0.113. The Morgan fingerprint density at radius 2 is 1.50 bits per heavy atom. The van der Waals surface area contributed by atoms with Gasteiger partial charge in [0.05, 0.1) is 0 Å². The molecule has 0 amide bonds. The molecule has 0 bridgehead atoms. The second-order valence-electron chi connectivity index (χ2n) is 4.45. The lowest BCUT2D eigenvalue weighted by Crippen LogP contribution is -2.20. The van der Waals surface area contributed by atoms with E-state index in [1.807, 2.05) is 0 Å². The maximum atomic E-state index is 10.9. The fraction of sp³-hybridized carbons (Fsp3) is 0.909. The minimum absolute atomic E-state index is 0.435. The van der Waals surface area contributed by atoms with Crippen LogP contribution >= 0.6 is 0 Å². The van der Waals surface area contributed by atoms with Crippen molar-refractivity contribution in [2.75, 3.05) is 0 Å². The molecule has 0 aromatic rings. The molecule has 0 aromatic heterocycles. The van der Waals surface area contributed by atoms with Gasteiger partial charge in [0, 0.05) is 5.92 Å².